The molecule has 3 rings (SSSR count). The van der Waals surface area contributed by atoms with Crippen LogP contribution >= 0.6 is 0 Å². The Labute approximate surface area is 298 Å². The molecular weight excluding hydrogens is 691 g/mol. The van der Waals surface area contributed by atoms with Crippen molar-refractivity contribution in [3.8, 4) is 23.0 Å². The molecule has 0 aliphatic heterocycles. The highest BCUT2D eigenvalue weighted by atomic mass is 19.4. The number of nitrogens with one attached hydrogen (secondary N) is 1. The highest BCUT2D eigenvalue weighted by molar-refractivity contribution is 5.97. The van der Waals surface area contributed by atoms with Gasteiger partial charge in [-0.15, -0.1) is 0 Å². The number of phenols is 2. The van der Waals surface area contributed by atoms with Crippen LogP contribution in [0.15, 0.2) is 79.9 Å². The van der Waals surface area contributed by atoms with E-state index in [9.17, 15) is 42.9 Å². The van der Waals surface area contributed by atoms with Crippen molar-refractivity contribution in [3.05, 3.63) is 108 Å². The third kappa shape index (κ3) is 10.0. The van der Waals surface area contributed by atoms with Gasteiger partial charge in [-0.05, 0) is 31.0 Å². The van der Waals surface area contributed by atoms with E-state index in [4.69, 9.17) is 23.7 Å². The van der Waals surface area contributed by atoms with Gasteiger partial charge < -0.3 is 44.3 Å². The minimum atomic E-state index is -5.37. The van der Waals surface area contributed by atoms with E-state index in [1.54, 1.807) is 30.3 Å². The van der Waals surface area contributed by atoms with Crippen LogP contribution in [0.2, 0.25) is 0 Å². The Balaban J connectivity index is 2.36. The topological polar surface area (TPSA) is 170 Å². The minimum Gasteiger partial charge on any atom is -0.507 e. The molecule has 12 nitrogen and oxygen atoms in total. The molecule has 280 valence electrons. The first-order valence-electron chi connectivity index (χ1n) is 15.8. The number of esters is 2. The number of ether oxygens (including phenoxy) is 5. The predicted octanol–water partition coefficient (Wildman–Crippen LogP) is 5.34. The van der Waals surface area contributed by atoms with Crippen LogP contribution in [0.1, 0.15) is 56.7 Å². The predicted molar refractivity (Wildman–Crippen MR) is 181 cm³/mol. The van der Waals surface area contributed by atoms with E-state index in [-0.39, 0.29) is 42.4 Å². The number of rotatable bonds is 18. The summed E-state index contributed by atoms with van der Waals surface area (Å²) in [7, 11) is 2.08. The van der Waals surface area contributed by atoms with Crippen molar-refractivity contribution >= 4 is 17.8 Å². The lowest BCUT2D eigenvalue weighted by atomic mass is 9.81. The normalized spacial score (nSPS) is 13.0. The van der Waals surface area contributed by atoms with E-state index in [1.165, 1.54) is 43.3 Å². The molecule has 0 fully saturated rings. The number of methoxy groups -OCH3 is 2. The van der Waals surface area contributed by atoms with E-state index in [2.05, 4.69) is 13.2 Å². The van der Waals surface area contributed by atoms with Crippen LogP contribution in [-0.4, -0.2) is 85.0 Å². The molecule has 0 unspecified atom stereocenters. The lowest BCUT2D eigenvalue weighted by Crippen LogP contribution is -2.53. The molecule has 1 amide bonds. The fourth-order valence-electron chi connectivity index (χ4n) is 5.44. The number of carbonyl (C=O) groups is 3. The van der Waals surface area contributed by atoms with Crippen LogP contribution in [-0.2, 0) is 25.6 Å². The number of alkyl halides is 3. The van der Waals surface area contributed by atoms with Crippen molar-refractivity contribution in [1.82, 2.24) is 5.32 Å². The maximum atomic E-state index is 13.8. The number of hydrogen-bond acceptors (Lipinski definition) is 11. The summed E-state index contributed by atoms with van der Waals surface area (Å²) in [6.07, 6.45) is -6.28. The highest BCUT2D eigenvalue weighted by Gasteiger charge is 2.43. The number of halogens is 3. The number of carbonyl (C=O) groups excluding carboxylic acids is 3. The SMILES string of the molecule is C=CCOc1ccc(C(C[C@@H](NC(=O)C(F)(F)F)[C@H](OCc2ccccc2)[C@@H](C)O)c2ccc(OCC=C)c(C(=O)OC)c2O)c(O)c1C(=O)OC. The molecule has 0 saturated heterocycles. The molecule has 0 spiro atoms. The van der Waals surface area contributed by atoms with Gasteiger partial charge in [-0.1, -0.05) is 67.8 Å². The van der Waals surface area contributed by atoms with Crippen molar-refractivity contribution in [2.75, 3.05) is 27.4 Å². The second kappa shape index (κ2) is 18.6. The van der Waals surface area contributed by atoms with Gasteiger partial charge in [-0.3, -0.25) is 4.79 Å². The minimum absolute atomic E-state index is 0.0952. The van der Waals surface area contributed by atoms with Gasteiger partial charge in [0, 0.05) is 17.0 Å². The van der Waals surface area contributed by atoms with Gasteiger partial charge in [0.25, 0.3) is 0 Å². The molecule has 4 N–H and O–H groups in total. The summed E-state index contributed by atoms with van der Waals surface area (Å²) in [6, 6.07) is 11.9. The highest BCUT2D eigenvalue weighted by Crippen LogP contribution is 2.46. The molecule has 0 aliphatic rings. The summed E-state index contributed by atoms with van der Waals surface area (Å²) >= 11 is 0. The van der Waals surface area contributed by atoms with E-state index in [0.29, 0.717) is 5.56 Å². The molecule has 0 aliphatic carbocycles. The van der Waals surface area contributed by atoms with Crippen molar-refractivity contribution in [3.63, 3.8) is 0 Å². The number of amides is 1. The van der Waals surface area contributed by atoms with Crippen molar-refractivity contribution in [2.45, 2.75) is 50.3 Å². The molecule has 3 aromatic rings. The Morgan fingerprint density at radius 3 is 1.71 bits per heavy atom. The van der Waals surface area contributed by atoms with Crippen LogP contribution in [0, 0.1) is 0 Å². The Morgan fingerprint density at radius 1 is 0.827 bits per heavy atom. The van der Waals surface area contributed by atoms with E-state index in [1.807, 2.05) is 5.32 Å². The summed E-state index contributed by atoms with van der Waals surface area (Å²) in [4.78, 5) is 38.4. The first kappa shape index (κ1) is 40.9. The Hall–Kier alpha value is -5.54. The molecule has 52 heavy (non-hydrogen) atoms. The molecule has 0 aromatic heterocycles. The fraction of sp³-hybridized carbons (Fsp3) is 0.324. The smallest absolute Gasteiger partial charge is 0.471 e. The van der Waals surface area contributed by atoms with E-state index >= 15 is 0 Å². The molecule has 3 aromatic carbocycles. The summed E-state index contributed by atoms with van der Waals surface area (Å²) < 4.78 is 68.0. The third-order valence-corrected chi connectivity index (χ3v) is 7.81. The number of aliphatic hydroxyl groups excluding tert-OH is 1. The molecular formula is C37H40F3NO11. The number of aliphatic hydroxyl groups is 1. The summed E-state index contributed by atoms with van der Waals surface area (Å²) in [5.41, 5.74) is -0.731. The van der Waals surface area contributed by atoms with Crippen LogP contribution in [0.3, 0.4) is 0 Å². The zero-order chi connectivity index (χ0) is 38.6. The Morgan fingerprint density at radius 2 is 1.31 bits per heavy atom. The summed E-state index contributed by atoms with van der Waals surface area (Å²) in [5.74, 6) is -7.74. The summed E-state index contributed by atoms with van der Waals surface area (Å²) in [6.45, 7) is 7.96. The van der Waals surface area contributed by atoms with Gasteiger partial charge >= 0.3 is 24.0 Å². The zero-order valence-corrected chi connectivity index (χ0v) is 28.6. The van der Waals surface area contributed by atoms with Gasteiger partial charge in [0.15, 0.2) is 0 Å². The number of aromatic hydroxyl groups is 2. The van der Waals surface area contributed by atoms with Gasteiger partial charge in [0.1, 0.15) is 53.4 Å². The maximum absolute atomic E-state index is 13.8. The molecule has 0 saturated carbocycles. The number of hydrogen-bond donors (Lipinski definition) is 4. The van der Waals surface area contributed by atoms with Crippen molar-refractivity contribution < 1.29 is 66.6 Å². The Kier molecular flexibility index (Phi) is 14.6. The first-order chi connectivity index (χ1) is 24.7. The second-order valence-corrected chi connectivity index (χ2v) is 11.3. The third-order valence-electron chi connectivity index (χ3n) is 7.81. The summed E-state index contributed by atoms with van der Waals surface area (Å²) in [5, 5.41) is 36.0. The van der Waals surface area contributed by atoms with Crippen LogP contribution in [0.5, 0.6) is 23.0 Å². The van der Waals surface area contributed by atoms with Gasteiger partial charge in [0.05, 0.1) is 33.0 Å². The lowest BCUT2D eigenvalue weighted by Gasteiger charge is -2.34. The molecule has 0 bridgehead atoms. The first-order valence-corrected chi connectivity index (χ1v) is 15.8. The average Bonchev–Trinajstić information content (AvgIpc) is 3.11. The molecule has 0 heterocycles. The number of phenolic OH excluding ortho intramolecular Hbond substituents is 2. The van der Waals surface area contributed by atoms with Crippen LogP contribution in [0.4, 0.5) is 13.2 Å². The molecule has 15 heteroatoms. The fourth-order valence-corrected chi connectivity index (χ4v) is 5.44. The lowest BCUT2D eigenvalue weighted by molar-refractivity contribution is -0.176. The Bertz CT molecular complexity index is 1650. The molecule has 0 radical (unpaired) electrons. The molecule has 3 atom stereocenters. The van der Waals surface area contributed by atoms with Gasteiger partial charge in [-0.25, -0.2) is 9.59 Å². The number of benzene rings is 3. The standard InChI is InChI=1S/C37H40F3NO11/c1-6-17-50-27-15-13-23(31(43)29(27)34(45)48-4)25(24-14-16-28(51-18-7-2)30(32(24)44)35(46)49-5)19-26(41-36(47)37(38,39)40)33(21(3)42)52-20-22-11-9-8-10-12-22/h6-16,21,25-26,33,42-44H,1-2,17-20H2,3-5H3,(H,41,47)/t21-,26-,33-/m1/s1. The van der Waals surface area contributed by atoms with E-state index in [0.717, 1.165) is 14.2 Å². The zero-order valence-electron chi connectivity index (χ0n) is 28.6. The van der Waals surface area contributed by atoms with Crippen LogP contribution in [0.25, 0.3) is 0 Å². The largest absolute Gasteiger partial charge is 0.507 e. The van der Waals surface area contributed by atoms with Crippen LogP contribution < -0.4 is 14.8 Å². The quantitative estimate of drug-likeness (QED) is 0.0985. The second-order valence-electron chi connectivity index (χ2n) is 11.3. The average molecular weight is 732 g/mol. The van der Waals surface area contributed by atoms with Crippen molar-refractivity contribution in [2.24, 2.45) is 0 Å². The van der Waals surface area contributed by atoms with Gasteiger partial charge in [0.2, 0.25) is 0 Å². The van der Waals surface area contributed by atoms with E-state index < -0.39 is 77.2 Å². The van der Waals surface area contributed by atoms with Gasteiger partial charge in [-0.2, -0.15) is 13.2 Å². The monoisotopic (exact) mass is 731 g/mol. The van der Waals surface area contributed by atoms with Crippen molar-refractivity contribution in [1.29, 1.82) is 0 Å². The maximum Gasteiger partial charge on any atom is 0.471 e.